The normalized spacial score (nSPS) is 10.1. The molecule has 1 heterocycles. The highest BCUT2D eigenvalue weighted by molar-refractivity contribution is 6.30. The van der Waals surface area contributed by atoms with Gasteiger partial charge in [0.25, 0.3) is 0 Å². The van der Waals surface area contributed by atoms with Gasteiger partial charge in [-0.25, -0.2) is 9.78 Å². The van der Waals surface area contributed by atoms with Crippen molar-refractivity contribution in [2.45, 2.75) is 20.3 Å². The molecule has 0 aliphatic rings. The Kier molecular flexibility index (Phi) is 2.88. The lowest BCUT2D eigenvalue weighted by Crippen LogP contribution is -2.06. The summed E-state index contributed by atoms with van der Waals surface area (Å²) in [5.41, 5.74) is 1.53. The summed E-state index contributed by atoms with van der Waals surface area (Å²) < 4.78 is 0. The van der Waals surface area contributed by atoms with Crippen molar-refractivity contribution in [1.29, 1.82) is 0 Å². The van der Waals surface area contributed by atoms with Gasteiger partial charge in [0.15, 0.2) is 0 Å². The van der Waals surface area contributed by atoms with Crippen LogP contribution in [0.3, 0.4) is 0 Å². The van der Waals surface area contributed by atoms with Crippen LogP contribution in [0.5, 0.6) is 0 Å². The standard InChI is InChI=1S/C9H10ClNO2/c1-3-6-7(9(12)13)5(2)4-11-8(6)10/h4H,3H2,1-2H3,(H,12,13). The number of carboxylic acids is 1. The maximum atomic E-state index is 10.9. The number of halogens is 1. The first-order chi connectivity index (χ1) is 6.07. The van der Waals surface area contributed by atoms with Crippen LogP contribution >= 0.6 is 11.6 Å². The molecule has 4 heteroatoms. The van der Waals surface area contributed by atoms with E-state index in [2.05, 4.69) is 4.98 Å². The number of pyridine rings is 1. The van der Waals surface area contributed by atoms with Crippen molar-refractivity contribution in [3.05, 3.63) is 28.0 Å². The number of rotatable bonds is 2. The first-order valence-corrected chi connectivity index (χ1v) is 4.33. The van der Waals surface area contributed by atoms with Gasteiger partial charge in [-0.15, -0.1) is 0 Å². The summed E-state index contributed by atoms with van der Waals surface area (Å²) >= 11 is 5.77. The van der Waals surface area contributed by atoms with Gasteiger partial charge in [-0.1, -0.05) is 18.5 Å². The molecule has 1 N–H and O–H groups in total. The third-order valence-electron chi connectivity index (χ3n) is 1.88. The summed E-state index contributed by atoms with van der Waals surface area (Å²) in [6.45, 7) is 3.57. The predicted molar refractivity (Wildman–Crippen MR) is 50.3 cm³/mol. The summed E-state index contributed by atoms with van der Waals surface area (Å²) in [6.07, 6.45) is 2.06. The van der Waals surface area contributed by atoms with Gasteiger partial charge < -0.3 is 5.11 Å². The van der Waals surface area contributed by atoms with E-state index in [4.69, 9.17) is 16.7 Å². The molecule has 0 amide bonds. The molecule has 0 spiro atoms. The van der Waals surface area contributed by atoms with Crippen molar-refractivity contribution in [2.24, 2.45) is 0 Å². The van der Waals surface area contributed by atoms with E-state index in [9.17, 15) is 4.79 Å². The van der Waals surface area contributed by atoms with Crippen LogP contribution < -0.4 is 0 Å². The Labute approximate surface area is 81.4 Å². The fourth-order valence-corrected chi connectivity index (χ4v) is 1.53. The second-order valence-electron chi connectivity index (χ2n) is 2.74. The fourth-order valence-electron chi connectivity index (χ4n) is 1.26. The highest BCUT2D eigenvalue weighted by Gasteiger charge is 2.15. The van der Waals surface area contributed by atoms with E-state index in [1.807, 2.05) is 6.92 Å². The van der Waals surface area contributed by atoms with Crippen LogP contribution in [-0.2, 0) is 6.42 Å². The van der Waals surface area contributed by atoms with Crippen molar-refractivity contribution >= 4 is 17.6 Å². The molecular weight excluding hydrogens is 190 g/mol. The van der Waals surface area contributed by atoms with Gasteiger partial charge in [0.05, 0.1) is 5.56 Å². The topological polar surface area (TPSA) is 50.2 Å². The van der Waals surface area contributed by atoms with Gasteiger partial charge in [-0.05, 0) is 18.9 Å². The molecule has 0 saturated carbocycles. The monoisotopic (exact) mass is 199 g/mol. The largest absolute Gasteiger partial charge is 0.478 e. The second kappa shape index (κ2) is 3.75. The first-order valence-electron chi connectivity index (χ1n) is 3.95. The number of carbonyl (C=O) groups is 1. The number of carboxylic acid groups (broad SMARTS) is 1. The maximum Gasteiger partial charge on any atom is 0.336 e. The van der Waals surface area contributed by atoms with Crippen LogP contribution in [0, 0.1) is 6.92 Å². The minimum atomic E-state index is -0.946. The third-order valence-corrected chi connectivity index (χ3v) is 2.21. The molecule has 0 unspecified atom stereocenters. The van der Waals surface area contributed by atoms with Crippen LogP contribution in [0.1, 0.15) is 28.4 Å². The van der Waals surface area contributed by atoms with Crippen LogP contribution in [0.15, 0.2) is 6.20 Å². The quantitative estimate of drug-likeness (QED) is 0.744. The highest BCUT2D eigenvalue weighted by atomic mass is 35.5. The molecule has 1 aromatic heterocycles. The molecule has 3 nitrogen and oxygen atoms in total. The van der Waals surface area contributed by atoms with Gasteiger partial charge in [0, 0.05) is 11.8 Å². The van der Waals surface area contributed by atoms with Crippen LogP contribution in [0.2, 0.25) is 5.15 Å². The average molecular weight is 200 g/mol. The molecule has 70 valence electrons. The van der Waals surface area contributed by atoms with E-state index in [0.717, 1.165) is 0 Å². The summed E-state index contributed by atoms with van der Waals surface area (Å²) in [5, 5.41) is 9.20. The second-order valence-corrected chi connectivity index (χ2v) is 3.10. The number of nitrogens with zero attached hydrogens (tertiary/aromatic N) is 1. The van der Waals surface area contributed by atoms with Crippen LogP contribution in [-0.4, -0.2) is 16.1 Å². The molecule has 0 aliphatic carbocycles. The summed E-state index contributed by atoms with van der Waals surface area (Å²) in [6, 6.07) is 0. The Morgan fingerprint density at radius 1 is 1.69 bits per heavy atom. The zero-order valence-corrected chi connectivity index (χ0v) is 8.22. The van der Waals surface area contributed by atoms with E-state index >= 15 is 0 Å². The highest BCUT2D eigenvalue weighted by Crippen LogP contribution is 2.21. The lowest BCUT2D eigenvalue weighted by Gasteiger charge is -2.07. The smallest absolute Gasteiger partial charge is 0.336 e. The van der Waals surface area contributed by atoms with E-state index in [1.54, 1.807) is 6.92 Å². The first kappa shape index (κ1) is 9.99. The summed E-state index contributed by atoms with van der Waals surface area (Å²) in [5.74, 6) is -0.946. The molecule has 0 fully saturated rings. The molecular formula is C9H10ClNO2. The zero-order valence-electron chi connectivity index (χ0n) is 7.47. The van der Waals surface area contributed by atoms with Crippen molar-refractivity contribution in [3.8, 4) is 0 Å². The number of aromatic nitrogens is 1. The van der Waals surface area contributed by atoms with Crippen molar-refractivity contribution in [1.82, 2.24) is 4.98 Å². The van der Waals surface area contributed by atoms with Crippen LogP contribution in [0.25, 0.3) is 0 Å². The van der Waals surface area contributed by atoms with Crippen molar-refractivity contribution in [3.63, 3.8) is 0 Å². The predicted octanol–water partition coefficient (Wildman–Crippen LogP) is 2.30. The molecule has 0 bridgehead atoms. The SMILES string of the molecule is CCc1c(Cl)ncc(C)c1C(=O)O. The maximum absolute atomic E-state index is 10.9. The van der Waals surface area contributed by atoms with E-state index in [-0.39, 0.29) is 10.7 Å². The molecule has 0 radical (unpaired) electrons. The third kappa shape index (κ3) is 1.80. The number of aromatic carboxylic acids is 1. The van der Waals surface area contributed by atoms with Gasteiger partial charge in [-0.3, -0.25) is 0 Å². The number of aryl methyl sites for hydroxylation is 1. The summed E-state index contributed by atoms with van der Waals surface area (Å²) in [4.78, 5) is 14.8. The van der Waals surface area contributed by atoms with Gasteiger partial charge in [0.1, 0.15) is 5.15 Å². The Hall–Kier alpha value is -1.09. The minimum absolute atomic E-state index is 0.280. The lowest BCUT2D eigenvalue weighted by atomic mass is 10.0. The van der Waals surface area contributed by atoms with E-state index in [0.29, 0.717) is 17.5 Å². The fraction of sp³-hybridized carbons (Fsp3) is 0.333. The molecule has 0 atom stereocenters. The molecule has 0 aliphatic heterocycles. The van der Waals surface area contributed by atoms with Crippen molar-refractivity contribution in [2.75, 3.05) is 0 Å². The zero-order chi connectivity index (χ0) is 10.0. The molecule has 1 aromatic rings. The molecule has 0 aromatic carbocycles. The Morgan fingerprint density at radius 2 is 2.31 bits per heavy atom. The van der Waals surface area contributed by atoms with Gasteiger partial charge in [0.2, 0.25) is 0 Å². The van der Waals surface area contributed by atoms with Gasteiger partial charge in [-0.2, -0.15) is 0 Å². The van der Waals surface area contributed by atoms with Crippen LogP contribution in [0.4, 0.5) is 0 Å². The number of hydrogen-bond acceptors (Lipinski definition) is 2. The molecule has 1 rings (SSSR count). The lowest BCUT2D eigenvalue weighted by molar-refractivity contribution is 0.0695. The Balaban J connectivity index is 3.43. The average Bonchev–Trinajstić information content (AvgIpc) is 2.07. The molecule has 13 heavy (non-hydrogen) atoms. The Morgan fingerprint density at radius 3 is 2.69 bits per heavy atom. The molecule has 0 saturated heterocycles. The van der Waals surface area contributed by atoms with E-state index in [1.165, 1.54) is 6.20 Å². The minimum Gasteiger partial charge on any atom is -0.478 e. The van der Waals surface area contributed by atoms with Gasteiger partial charge >= 0.3 is 5.97 Å². The van der Waals surface area contributed by atoms with E-state index < -0.39 is 5.97 Å². The Bertz CT molecular complexity index is 350. The van der Waals surface area contributed by atoms with Crippen molar-refractivity contribution < 1.29 is 9.90 Å². The summed E-state index contributed by atoms with van der Waals surface area (Å²) in [7, 11) is 0. The number of hydrogen-bond donors (Lipinski definition) is 1.